The number of aromatic nitrogens is 4. The highest BCUT2D eigenvalue weighted by atomic mass is 19.4. The third-order valence-electron chi connectivity index (χ3n) is 5.58. The van der Waals surface area contributed by atoms with Gasteiger partial charge in [0.05, 0.1) is 23.7 Å². The van der Waals surface area contributed by atoms with Crippen LogP contribution in [0.4, 0.5) is 13.2 Å². The van der Waals surface area contributed by atoms with Crippen LogP contribution in [0.15, 0.2) is 59.7 Å². The molecule has 0 bridgehead atoms. The van der Waals surface area contributed by atoms with Crippen LogP contribution in [-0.4, -0.2) is 37.9 Å². The van der Waals surface area contributed by atoms with Crippen LogP contribution in [0.1, 0.15) is 29.7 Å². The standard InChI is InChI=1S/C24H21F3N4O3/c1-14-28-12-15(13-29-14)10-21-30-20-9-8-18(34-3)11-19(20)22(32)31(21)17-6-4-16(5-7-17)23(2,33)24(25,26)27/h4-9,11-13,33H,10H2,1-3H3. The minimum atomic E-state index is -4.86. The molecule has 4 rings (SSSR count). The Balaban J connectivity index is 1.89. The van der Waals surface area contributed by atoms with Gasteiger partial charge in [-0.15, -0.1) is 0 Å². The maximum Gasteiger partial charge on any atom is 0.421 e. The molecule has 34 heavy (non-hydrogen) atoms. The van der Waals surface area contributed by atoms with Crippen LogP contribution in [-0.2, 0) is 12.0 Å². The topological polar surface area (TPSA) is 90.1 Å². The number of ether oxygens (including phenoxy) is 1. The number of hydrogen-bond acceptors (Lipinski definition) is 6. The van der Waals surface area contributed by atoms with E-state index in [0.717, 1.165) is 12.1 Å². The van der Waals surface area contributed by atoms with Gasteiger partial charge < -0.3 is 9.84 Å². The van der Waals surface area contributed by atoms with Gasteiger partial charge in [-0.1, -0.05) is 12.1 Å². The predicted molar refractivity (Wildman–Crippen MR) is 119 cm³/mol. The van der Waals surface area contributed by atoms with Gasteiger partial charge in [-0.2, -0.15) is 13.2 Å². The van der Waals surface area contributed by atoms with Gasteiger partial charge in [-0.3, -0.25) is 9.36 Å². The van der Waals surface area contributed by atoms with E-state index in [-0.39, 0.29) is 17.4 Å². The highest BCUT2D eigenvalue weighted by Crippen LogP contribution is 2.38. The maximum atomic E-state index is 13.5. The summed E-state index contributed by atoms with van der Waals surface area (Å²) in [6, 6.07) is 9.89. The number of nitrogens with zero attached hydrogens (tertiary/aromatic N) is 4. The fraction of sp³-hybridized carbons (Fsp3) is 0.250. The van der Waals surface area contributed by atoms with Crippen molar-refractivity contribution in [2.24, 2.45) is 0 Å². The number of rotatable bonds is 5. The molecule has 0 saturated carbocycles. The largest absolute Gasteiger partial charge is 0.497 e. The summed E-state index contributed by atoms with van der Waals surface area (Å²) in [6.45, 7) is 2.43. The van der Waals surface area contributed by atoms with Crippen molar-refractivity contribution in [1.29, 1.82) is 0 Å². The third-order valence-corrected chi connectivity index (χ3v) is 5.58. The van der Waals surface area contributed by atoms with Crippen molar-refractivity contribution < 1.29 is 23.0 Å². The zero-order chi connectivity index (χ0) is 24.7. The van der Waals surface area contributed by atoms with Crippen molar-refractivity contribution >= 4 is 10.9 Å². The van der Waals surface area contributed by atoms with E-state index in [1.807, 2.05) is 0 Å². The second kappa shape index (κ2) is 8.53. The van der Waals surface area contributed by atoms with Gasteiger partial charge in [0.15, 0.2) is 5.60 Å². The summed E-state index contributed by atoms with van der Waals surface area (Å²) < 4.78 is 46.3. The van der Waals surface area contributed by atoms with Crippen LogP contribution in [0.2, 0.25) is 0 Å². The number of alkyl halides is 3. The monoisotopic (exact) mass is 470 g/mol. The molecule has 0 spiro atoms. The molecule has 2 heterocycles. The summed E-state index contributed by atoms with van der Waals surface area (Å²) in [6.07, 6.45) is -1.40. The number of aliphatic hydroxyl groups is 1. The van der Waals surface area contributed by atoms with E-state index in [9.17, 15) is 23.1 Å². The van der Waals surface area contributed by atoms with Crippen LogP contribution < -0.4 is 10.3 Å². The highest BCUT2D eigenvalue weighted by molar-refractivity contribution is 5.79. The first-order valence-electron chi connectivity index (χ1n) is 10.3. The summed E-state index contributed by atoms with van der Waals surface area (Å²) in [7, 11) is 1.48. The molecule has 0 aliphatic carbocycles. The molecule has 0 aliphatic heterocycles. The number of aryl methyl sites for hydroxylation is 1. The van der Waals surface area contributed by atoms with E-state index in [2.05, 4.69) is 15.0 Å². The van der Waals surface area contributed by atoms with Gasteiger partial charge in [-0.25, -0.2) is 15.0 Å². The number of hydrogen-bond donors (Lipinski definition) is 1. The van der Waals surface area contributed by atoms with E-state index in [1.165, 1.54) is 23.8 Å². The van der Waals surface area contributed by atoms with Gasteiger partial charge in [0, 0.05) is 18.8 Å². The Hall–Kier alpha value is -3.79. The zero-order valence-electron chi connectivity index (χ0n) is 18.6. The Bertz CT molecular complexity index is 1400. The molecule has 1 N–H and O–H groups in total. The smallest absolute Gasteiger partial charge is 0.421 e. The maximum absolute atomic E-state index is 13.5. The quantitative estimate of drug-likeness (QED) is 0.477. The fourth-order valence-corrected chi connectivity index (χ4v) is 3.51. The van der Waals surface area contributed by atoms with E-state index in [0.29, 0.717) is 41.1 Å². The molecule has 4 aromatic rings. The third kappa shape index (κ3) is 4.24. The van der Waals surface area contributed by atoms with Crippen molar-refractivity contribution in [2.75, 3.05) is 7.11 Å². The second-order valence-electron chi connectivity index (χ2n) is 7.98. The molecular weight excluding hydrogens is 449 g/mol. The highest BCUT2D eigenvalue weighted by Gasteiger charge is 2.51. The summed E-state index contributed by atoms with van der Waals surface area (Å²) in [5.74, 6) is 1.41. The van der Waals surface area contributed by atoms with Gasteiger partial charge in [0.1, 0.15) is 17.4 Å². The Morgan fingerprint density at radius 1 is 1.06 bits per heavy atom. The van der Waals surface area contributed by atoms with Gasteiger partial charge >= 0.3 is 6.18 Å². The normalized spacial score (nSPS) is 13.6. The Morgan fingerprint density at radius 3 is 2.29 bits per heavy atom. The fourth-order valence-electron chi connectivity index (χ4n) is 3.51. The molecule has 1 atom stereocenters. The molecule has 1 unspecified atom stereocenters. The molecule has 176 valence electrons. The minimum Gasteiger partial charge on any atom is -0.497 e. The lowest BCUT2D eigenvalue weighted by atomic mass is 9.95. The van der Waals surface area contributed by atoms with Crippen molar-refractivity contribution in [1.82, 2.24) is 19.5 Å². The second-order valence-corrected chi connectivity index (χ2v) is 7.98. The zero-order valence-corrected chi connectivity index (χ0v) is 18.6. The molecule has 7 nitrogen and oxygen atoms in total. The Labute approximate surface area is 192 Å². The molecule has 2 aromatic heterocycles. The lowest BCUT2D eigenvalue weighted by Gasteiger charge is -2.27. The lowest BCUT2D eigenvalue weighted by Crippen LogP contribution is -2.39. The Morgan fingerprint density at radius 2 is 1.71 bits per heavy atom. The first kappa shape index (κ1) is 23.4. The molecule has 0 radical (unpaired) electrons. The minimum absolute atomic E-state index is 0.208. The van der Waals surface area contributed by atoms with E-state index >= 15 is 0 Å². The van der Waals surface area contributed by atoms with Crippen molar-refractivity contribution in [2.45, 2.75) is 32.0 Å². The van der Waals surface area contributed by atoms with Crippen molar-refractivity contribution in [3.63, 3.8) is 0 Å². The van der Waals surface area contributed by atoms with Crippen LogP contribution in [0.3, 0.4) is 0 Å². The molecule has 0 aliphatic rings. The first-order valence-corrected chi connectivity index (χ1v) is 10.3. The van der Waals surface area contributed by atoms with Gasteiger partial charge in [0.25, 0.3) is 5.56 Å². The number of fused-ring (bicyclic) bond motifs is 1. The van der Waals surface area contributed by atoms with Crippen molar-refractivity contribution in [3.8, 4) is 11.4 Å². The molecule has 0 amide bonds. The summed E-state index contributed by atoms with van der Waals surface area (Å²) in [5, 5.41) is 10.3. The number of methoxy groups -OCH3 is 1. The van der Waals surface area contributed by atoms with Crippen molar-refractivity contribution in [3.05, 3.63) is 88.0 Å². The number of benzene rings is 2. The van der Waals surface area contributed by atoms with Gasteiger partial charge in [-0.05, 0) is 55.3 Å². The summed E-state index contributed by atoms with van der Waals surface area (Å²) in [5.41, 5.74) is -2.35. The van der Waals surface area contributed by atoms with Crippen LogP contribution in [0.5, 0.6) is 5.75 Å². The molecular formula is C24H21F3N4O3. The average molecular weight is 470 g/mol. The predicted octanol–water partition coefficient (Wildman–Crippen LogP) is 3.85. The average Bonchev–Trinajstić information content (AvgIpc) is 2.80. The lowest BCUT2D eigenvalue weighted by molar-refractivity contribution is -0.258. The number of halogens is 3. The Kier molecular flexibility index (Phi) is 5.86. The molecule has 2 aromatic carbocycles. The van der Waals surface area contributed by atoms with Gasteiger partial charge in [0.2, 0.25) is 0 Å². The molecule has 0 fully saturated rings. The first-order chi connectivity index (χ1) is 16.0. The molecule has 0 saturated heterocycles. The van der Waals surface area contributed by atoms with E-state index < -0.39 is 17.3 Å². The summed E-state index contributed by atoms with van der Waals surface area (Å²) >= 11 is 0. The summed E-state index contributed by atoms with van der Waals surface area (Å²) in [4.78, 5) is 26.5. The SMILES string of the molecule is COc1ccc2nc(Cc3cnc(C)nc3)n(-c3ccc(C(C)(O)C(F)(F)F)cc3)c(=O)c2c1. The molecule has 10 heteroatoms. The van der Waals surface area contributed by atoms with Crippen LogP contribution in [0.25, 0.3) is 16.6 Å². The van der Waals surface area contributed by atoms with E-state index in [1.54, 1.807) is 37.5 Å². The van der Waals surface area contributed by atoms with Crippen LogP contribution >= 0.6 is 0 Å². The van der Waals surface area contributed by atoms with Crippen LogP contribution in [0, 0.1) is 6.92 Å². The van der Waals surface area contributed by atoms with E-state index in [4.69, 9.17) is 4.74 Å².